The van der Waals surface area contributed by atoms with E-state index in [2.05, 4.69) is 20.3 Å². The van der Waals surface area contributed by atoms with E-state index in [4.69, 9.17) is 0 Å². The van der Waals surface area contributed by atoms with Crippen LogP contribution in [0.2, 0.25) is 0 Å². The highest BCUT2D eigenvalue weighted by Gasteiger charge is 2.30. The summed E-state index contributed by atoms with van der Waals surface area (Å²) < 4.78 is 0. The fourth-order valence-electron chi connectivity index (χ4n) is 3.67. The molecule has 1 aliphatic carbocycles. The van der Waals surface area contributed by atoms with Crippen LogP contribution in [0.1, 0.15) is 36.2 Å². The van der Waals surface area contributed by atoms with Crippen molar-refractivity contribution in [2.24, 2.45) is 5.92 Å². The van der Waals surface area contributed by atoms with Crippen LogP contribution < -0.4 is 5.32 Å². The number of carbonyl (C=O) groups is 1. The number of aromatic nitrogens is 3. The zero-order valence-corrected chi connectivity index (χ0v) is 15.0. The fourth-order valence-corrected chi connectivity index (χ4v) is 3.67. The Morgan fingerprint density at radius 3 is 2.81 bits per heavy atom. The SMILES string of the molecule is O=C(C1CCC1)N1CCc2ncnc(NCCc3ccccn3)c2CC1. The number of rotatable bonds is 5. The van der Waals surface area contributed by atoms with E-state index < -0.39 is 0 Å². The molecule has 26 heavy (non-hydrogen) atoms. The molecule has 1 fully saturated rings. The minimum absolute atomic E-state index is 0.262. The quantitative estimate of drug-likeness (QED) is 0.895. The molecule has 1 aliphatic heterocycles. The summed E-state index contributed by atoms with van der Waals surface area (Å²) in [6.45, 7) is 2.32. The first-order chi connectivity index (χ1) is 12.8. The number of carbonyl (C=O) groups excluding carboxylic acids is 1. The Hall–Kier alpha value is -2.50. The molecule has 0 aromatic carbocycles. The second-order valence-electron chi connectivity index (χ2n) is 7.10. The Bertz CT molecular complexity index is 760. The van der Waals surface area contributed by atoms with Crippen LogP contribution in [0.5, 0.6) is 0 Å². The van der Waals surface area contributed by atoms with Gasteiger partial charge < -0.3 is 10.2 Å². The first kappa shape index (κ1) is 16.9. The van der Waals surface area contributed by atoms with Gasteiger partial charge in [0.25, 0.3) is 0 Å². The zero-order valence-electron chi connectivity index (χ0n) is 15.0. The maximum atomic E-state index is 12.6. The molecule has 0 radical (unpaired) electrons. The van der Waals surface area contributed by atoms with Crippen LogP contribution in [0.25, 0.3) is 0 Å². The van der Waals surface area contributed by atoms with Crippen molar-refractivity contribution in [3.63, 3.8) is 0 Å². The maximum Gasteiger partial charge on any atom is 0.225 e. The average molecular weight is 351 g/mol. The Balaban J connectivity index is 1.39. The molecule has 1 N–H and O–H groups in total. The van der Waals surface area contributed by atoms with Crippen LogP contribution in [0.4, 0.5) is 5.82 Å². The summed E-state index contributed by atoms with van der Waals surface area (Å²) in [5, 5.41) is 3.44. The highest BCUT2D eigenvalue weighted by molar-refractivity contribution is 5.79. The van der Waals surface area contributed by atoms with E-state index in [0.29, 0.717) is 5.91 Å². The summed E-state index contributed by atoms with van der Waals surface area (Å²) in [5.74, 6) is 1.50. The van der Waals surface area contributed by atoms with Gasteiger partial charge in [-0.05, 0) is 31.4 Å². The third-order valence-electron chi connectivity index (χ3n) is 5.45. The lowest BCUT2D eigenvalue weighted by molar-refractivity contribution is -0.138. The van der Waals surface area contributed by atoms with E-state index in [1.54, 1.807) is 6.33 Å². The minimum Gasteiger partial charge on any atom is -0.369 e. The van der Waals surface area contributed by atoms with Crippen molar-refractivity contribution in [2.75, 3.05) is 25.0 Å². The molecule has 6 nitrogen and oxygen atoms in total. The first-order valence-electron chi connectivity index (χ1n) is 9.56. The van der Waals surface area contributed by atoms with Crippen molar-refractivity contribution in [1.82, 2.24) is 19.9 Å². The third-order valence-corrected chi connectivity index (χ3v) is 5.45. The van der Waals surface area contributed by atoms with Gasteiger partial charge in [0, 0.05) is 55.8 Å². The van der Waals surface area contributed by atoms with Crippen molar-refractivity contribution < 1.29 is 4.79 Å². The molecule has 6 heteroatoms. The van der Waals surface area contributed by atoms with Crippen molar-refractivity contribution in [3.05, 3.63) is 47.7 Å². The molecule has 4 rings (SSSR count). The van der Waals surface area contributed by atoms with Crippen LogP contribution in [-0.4, -0.2) is 45.4 Å². The second kappa shape index (κ2) is 7.81. The van der Waals surface area contributed by atoms with Gasteiger partial charge in [-0.1, -0.05) is 12.5 Å². The van der Waals surface area contributed by atoms with Gasteiger partial charge in [0.15, 0.2) is 0 Å². The molecule has 1 amide bonds. The van der Waals surface area contributed by atoms with E-state index in [9.17, 15) is 4.79 Å². The summed E-state index contributed by atoms with van der Waals surface area (Å²) in [4.78, 5) is 27.9. The van der Waals surface area contributed by atoms with Crippen molar-refractivity contribution in [1.29, 1.82) is 0 Å². The van der Waals surface area contributed by atoms with Gasteiger partial charge in [0.2, 0.25) is 5.91 Å². The van der Waals surface area contributed by atoms with Crippen LogP contribution >= 0.6 is 0 Å². The normalized spacial score (nSPS) is 17.2. The summed E-state index contributed by atoms with van der Waals surface area (Å²) in [5.41, 5.74) is 3.30. The van der Waals surface area contributed by atoms with Crippen molar-refractivity contribution in [3.8, 4) is 0 Å². The van der Waals surface area contributed by atoms with Crippen LogP contribution in [0.15, 0.2) is 30.7 Å². The smallest absolute Gasteiger partial charge is 0.225 e. The Morgan fingerprint density at radius 1 is 1.15 bits per heavy atom. The molecule has 1 saturated carbocycles. The molecular formula is C20H25N5O. The number of hydrogen-bond acceptors (Lipinski definition) is 5. The maximum absolute atomic E-state index is 12.6. The highest BCUT2D eigenvalue weighted by Crippen LogP contribution is 2.29. The number of hydrogen-bond donors (Lipinski definition) is 1. The summed E-state index contributed by atoms with van der Waals surface area (Å²) in [7, 11) is 0. The van der Waals surface area contributed by atoms with Gasteiger partial charge in [0.1, 0.15) is 12.1 Å². The highest BCUT2D eigenvalue weighted by atomic mass is 16.2. The van der Waals surface area contributed by atoms with Gasteiger partial charge in [0.05, 0.1) is 5.69 Å². The van der Waals surface area contributed by atoms with Crippen molar-refractivity contribution >= 4 is 11.7 Å². The second-order valence-corrected chi connectivity index (χ2v) is 7.10. The lowest BCUT2D eigenvalue weighted by Gasteiger charge is -2.30. The third kappa shape index (κ3) is 3.69. The van der Waals surface area contributed by atoms with Crippen LogP contribution in [0, 0.1) is 5.92 Å². The topological polar surface area (TPSA) is 71.0 Å². The van der Waals surface area contributed by atoms with E-state index in [1.807, 2.05) is 29.3 Å². The Morgan fingerprint density at radius 2 is 2.04 bits per heavy atom. The van der Waals surface area contributed by atoms with E-state index in [1.165, 1.54) is 6.42 Å². The molecular weight excluding hydrogens is 326 g/mol. The van der Waals surface area contributed by atoms with Crippen LogP contribution in [0.3, 0.4) is 0 Å². The molecule has 0 unspecified atom stereocenters. The number of nitrogens with zero attached hydrogens (tertiary/aromatic N) is 4. The Kier molecular flexibility index (Phi) is 5.09. The van der Waals surface area contributed by atoms with Crippen LogP contribution in [-0.2, 0) is 24.1 Å². The predicted octanol–water partition coefficient (Wildman–Crippen LogP) is 2.25. The number of fused-ring (bicyclic) bond motifs is 1. The molecule has 0 atom stereocenters. The molecule has 136 valence electrons. The Labute approximate surface area is 154 Å². The fraction of sp³-hybridized carbons (Fsp3) is 0.500. The lowest BCUT2D eigenvalue weighted by Crippen LogP contribution is -2.40. The van der Waals surface area contributed by atoms with E-state index >= 15 is 0 Å². The molecule has 2 aliphatic rings. The standard InChI is InChI=1S/C20H25N5O/c26-20(15-4-3-5-15)25-12-8-17-18(9-13-25)23-14-24-19(17)22-11-7-16-6-1-2-10-21-16/h1-2,6,10,14-15H,3-5,7-9,11-13H2,(H,22,23,24). The molecule has 2 aromatic heterocycles. The molecule has 2 aromatic rings. The average Bonchev–Trinajstić information content (AvgIpc) is 2.84. The molecule has 0 bridgehead atoms. The summed E-state index contributed by atoms with van der Waals surface area (Å²) in [6, 6.07) is 5.97. The first-order valence-corrected chi connectivity index (χ1v) is 9.56. The summed E-state index contributed by atoms with van der Waals surface area (Å²) in [6.07, 6.45) is 9.24. The summed E-state index contributed by atoms with van der Waals surface area (Å²) >= 11 is 0. The van der Waals surface area contributed by atoms with Gasteiger partial charge >= 0.3 is 0 Å². The lowest BCUT2D eigenvalue weighted by atomic mass is 9.84. The largest absolute Gasteiger partial charge is 0.369 e. The number of pyridine rings is 1. The van der Waals surface area contributed by atoms with Gasteiger partial charge in [-0.2, -0.15) is 0 Å². The zero-order chi connectivity index (χ0) is 17.8. The number of nitrogens with one attached hydrogen (secondary N) is 1. The van der Waals surface area contributed by atoms with Gasteiger partial charge in [-0.15, -0.1) is 0 Å². The van der Waals surface area contributed by atoms with Gasteiger partial charge in [-0.3, -0.25) is 9.78 Å². The van der Waals surface area contributed by atoms with E-state index in [-0.39, 0.29) is 5.92 Å². The molecule has 0 spiro atoms. The van der Waals surface area contributed by atoms with E-state index in [0.717, 1.165) is 74.5 Å². The monoisotopic (exact) mass is 351 g/mol. The number of amides is 1. The minimum atomic E-state index is 0.262. The predicted molar refractivity (Wildman–Crippen MR) is 99.8 cm³/mol. The molecule has 0 saturated heterocycles. The van der Waals surface area contributed by atoms with Crippen molar-refractivity contribution in [2.45, 2.75) is 38.5 Å². The van der Waals surface area contributed by atoms with Gasteiger partial charge in [-0.25, -0.2) is 9.97 Å². The molecule has 3 heterocycles. The number of anilines is 1.